The van der Waals surface area contributed by atoms with Gasteiger partial charge in [-0.15, -0.1) is 11.3 Å². The van der Waals surface area contributed by atoms with E-state index >= 15 is 0 Å². The minimum absolute atomic E-state index is 0.464. The third-order valence-electron chi connectivity index (χ3n) is 2.09. The maximum absolute atomic E-state index is 10.6. The van der Waals surface area contributed by atoms with E-state index in [2.05, 4.69) is 18.8 Å². The maximum atomic E-state index is 10.6. The van der Waals surface area contributed by atoms with Crippen LogP contribution in [0.2, 0.25) is 0 Å². The van der Waals surface area contributed by atoms with Crippen molar-refractivity contribution >= 4 is 17.3 Å². The first-order valence-corrected chi connectivity index (χ1v) is 5.81. The molecule has 0 bridgehead atoms. The molecule has 4 nitrogen and oxygen atoms in total. The van der Waals surface area contributed by atoms with Gasteiger partial charge < -0.3 is 10.8 Å². The predicted molar refractivity (Wildman–Crippen MR) is 59.8 cm³/mol. The number of aromatic nitrogens is 1. The molecular weight excluding hydrogens is 212 g/mol. The quantitative estimate of drug-likeness (QED) is 0.806. The van der Waals surface area contributed by atoms with Crippen molar-refractivity contribution in [3.63, 3.8) is 0 Å². The standard InChI is InChI=1S/C10H16N2O2S/c1-6(2)3-4-8-12-7(5-15-8)9(11)10(13)14/h5-6,9H,3-4,11H2,1-2H3,(H,13,14). The van der Waals surface area contributed by atoms with Gasteiger partial charge >= 0.3 is 5.97 Å². The molecule has 0 saturated heterocycles. The van der Waals surface area contributed by atoms with Crippen LogP contribution in [0.4, 0.5) is 0 Å². The van der Waals surface area contributed by atoms with Crippen molar-refractivity contribution in [1.82, 2.24) is 4.98 Å². The van der Waals surface area contributed by atoms with Gasteiger partial charge in [0.05, 0.1) is 10.7 Å². The zero-order valence-corrected chi connectivity index (χ0v) is 9.75. The van der Waals surface area contributed by atoms with Crippen LogP contribution in [-0.2, 0) is 11.2 Å². The van der Waals surface area contributed by atoms with Gasteiger partial charge in [-0.1, -0.05) is 13.8 Å². The summed E-state index contributed by atoms with van der Waals surface area (Å²) in [5.41, 5.74) is 5.92. The van der Waals surface area contributed by atoms with Crippen molar-refractivity contribution in [2.75, 3.05) is 0 Å². The number of carboxylic acids is 1. The molecule has 0 saturated carbocycles. The molecule has 0 radical (unpaired) electrons. The van der Waals surface area contributed by atoms with Gasteiger partial charge in [-0.25, -0.2) is 4.98 Å². The monoisotopic (exact) mass is 228 g/mol. The Balaban J connectivity index is 2.60. The summed E-state index contributed by atoms with van der Waals surface area (Å²) in [4.78, 5) is 14.8. The van der Waals surface area contributed by atoms with E-state index < -0.39 is 12.0 Å². The van der Waals surface area contributed by atoms with E-state index in [9.17, 15) is 4.79 Å². The number of hydrogen-bond donors (Lipinski definition) is 2. The summed E-state index contributed by atoms with van der Waals surface area (Å²) in [5, 5.41) is 11.4. The molecule has 3 N–H and O–H groups in total. The molecule has 0 aliphatic heterocycles. The summed E-state index contributed by atoms with van der Waals surface area (Å²) in [6.45, 7) is 4.30. The van der Waals surface area contributed by atoms with Crippen LogP contribution >= 0.6 is 11.3 Å². The van der Waals surface area contributed by atoms with E-state index in [0.29, 0.717) is 11.6 Å². The Morgan fingerprint density at radius 2 is 2.33 bits per heavy atom. The predicted octanol–water partition coefficient (Wildman–Crippen LogP) is 1.82. The summed E-state index contributed by atoms with van der Waals surface area (Å²) < 4.78 is 0. The van der Waals surface area contributed by atoms with Crippen LogP contribution in [0.25, 0.3) is 0 Å². The Labute approximate surface area is 93.1 Å². The Bertz CT molecular complexity index is 336. The fraction of sp³-hybridized carbons (Fsp3) is 0.600. The Kier molecular flexibility index (Phi) is 4.23. The fourth-order valence-corrected chi connectivity index (χ4v) is 1.97. The van der Waals surface area contributed by atoms with Gasteiger partial charge in [-0.3, -0.25) is 4.79 Å². The lowest BCUT2D eigenvalue weighted by atomic mass is 10.1. The highest BCUT2D eigenvalue weighted by Gasteiger charge is 2.17. The summed E-state index contributed by atoms with van der Waals surface area (Å²) in [6, 6.07) is -0.992. The SMILES string of the molecule is CC(C)CCc1nc(C(N)C(=O)O)cs1. The molecule has 1 unspecified atom stereocenters. The van der Waals surface area contributed by atoms with Gasteiger partial charge in [-0.2, -0.15) is 0 Å². The second-order valence-corrected chi connectivity index (χ2v) is 4.86. The Morgan fingerprint density at radius 1 is 1.67 bits per heavy atom. The number of carboxylic acid groups (broad SMARTS) is 1. The number of nitrogens with two attached hydrogens (primary N) is 1. The molecule has 0 spiro atoms. The number of aryl methyl sites for hydroxylation is 1. The fourth-order valence-electron chi connectivity index (χ4n) is 1.12. The average Bonchev–Trinajstić information content (AvgIpc) is 2.61. The molecule has 1 aromatic rings. The normalized spacial score (nSPS) is 13.1. The smallest absolute Gasteiger partial charge is 0.326 e. The summed E-state index contributed by atoms with van der Waals surface area (Å²) in [7, 11) is 0. The third kappa shape index (κ3) is 3.60. The number of rotatable bonds is 5. The zero-order valence-electron chi connectivity index (χ0n) is 8.93. The van der Waals surface area contributed by atoms with Gasteiger partial charge in [0, 0.05) is 5.38 Å². The lowest BCUT2D eigenvalue weighted by Gasteiger charge is -2.02. The van der Waals surface area contributed by atoms with Gasteiger partial charge in [0.2, 0.25) is 0 Å². The van der Waals surface area contributed by atoms with Crippen molar-refractivity contribution in [2.45, 2.75) is 32.7 Å². The molecule has 1 atom stereocenters. The number of nitrogens with zero attached hydrogens (tertiary/aromatic N) is 1. The molecule has 1 aromatic heterocycles. The molecule has 84 valence electrons. The summed E-state index contributed by atoms with van der Waals surface area (Å²) >= 11 is 1.48. The molecule has 5 heteroatoms. The van der Waals surface area contributed by atoms with Crippen molar-refractivity contribution in [3.8, 4) is 0 Å². The average molecular weight is 228 g/mol. The van der Waals surface area contributed by atoms with Gasteiger partial charge in [0.1, 0.15) is 6.04 Å². The molecule has 0 amide bonds. The van der Waals surface area contributed by atoms with Crippen molar-refractivity contribution in [1.29, 1.82) is 0 Å². The van der Waals surface area contributed by atoms with Gasteiger partial charge in [0.15, 0.2) is 0 Å². The molecular formula is C10H16N2O2S. The van der Waals surface area contributed by atoms with Crippen molar-refractivity contribution < 1.29 is 9.90 Å². The summed E-state index contributed by atoms with van der Waals surface area (Å²) in [5.74, 6) is -0.402. The zero-order chi connectivity index (χ0) is 11.4. The topological polar surface area (TPSA) is 76.2 Å². The van der Waals surface area contributed by atoms with E-state index in [1.807, 2.05) is 0 Å². The van der Waals surface area contributed by atoms with Crippen molar-refractivity contribution in [2.24, 2.45) is 11.7 Å². The highest BCUT2D eigenvalue weighted by atomic mass is 32.1. The number of thiazole rings is 1. The van der Waals surface area contributed by atoms with E-state index in [-0.39, 0.29) is 0 Å². The first-order valence-electron chi connectivity index (χ1n) is 4.93. The molecule has 15 heavy (non-hydrogen) atoms. The number of aliphatic carboxylic acids is 1. The number of hydrogen-bond acceptors (Lipinski definition) is 4. The third-order valence-corrected chi connectivity index (χ3v) is 3.02. The van der Waals surface area contributed by atoms with E-state index in [1.54, 1.807) is 5.38 Å². The Hall–Kier alpha value is -0.940. The molecule has 0 aliphatic carbocycles. The maximum Gasteiger partial charge on any atom is 0.326 e. The van der Waals surface area contributed by atoms with E-state index in [1.165, 1.54) is 11.3 Å². The van der Waals surface area contributed by atoms with Crippen LogP contribution in [0.1, 0.15) is 37.0 Å². The molecule has 1 rings (SSSR count). The minimum Gasteiger partial charge on any atom is -0.480 e. The minimum atomic E-state index is -1.03. The second kappa shape index (κ2) is 5.23. The van der Waals surface area contributed by atoms with Crippen LogP contribution < -0.4 is 5.73 Å². The van der Waals surface area contributed by atoms with Crippen molar-refractivity contribution in [3.05, 3.63) is 16.1 Å². The number of carbonyl (C=O) groups is 1. The largest absolute Gasteiger partial charge is 0.480 e. The van der Waals surface area contributed by atoms with Crippen LogP contribution in [0.3, 0.4) is 0 Å². The van der Waals surface area contributed by atoms with Crippen LogP contribution in [0.15, 0.2) is 5.38 Å². The lowest BCUT2D eigenvalue weighted by Crippen LogP contribution is -2.20. The molecule has 0 aliphatic rings. The lowest BCUT2D eigenvalue weighted by molar-refractivity contribution is -0.138. The summed E-state index contributed by atoms with van der Waals surface area (Å²) in [6.07, 6.45) is 1.96. The van der Waals surface area contributed by atoms with Crippen LogP contribution in [0, 0.1) is 5.92 Å². The van der Waals surface area contributed by atoms with Gasteiger partial charge in [-0.05, 0) is 18.8 Å². The van der Waals surface area contributed by atoms with Crippen LogP contribution in [0.5, 0.6) is 0 Å². The second-order valence-electron chi connectivity index (χ2n) is 3.91. The highest BCUT2D eigenvalue weighted by Crippen LogP contribution is 2.18. The molecule has 0 aromatic carbocycles. The Morgan fingerprint density at radius 3 is 2.87 bits per heavy atom. The van der Waals surface area contributed by atoms with E-state index in [4.69, 9.17) is 10.8 Å². The first kappa shape index (κ1) is 12.1. The molecule has 1 heterocycles. The molecule has 0 fully saturated rings. The van der Waals surface area contributed by atoms with Crippen LogP contribution in [-0.4, -0.2) is 16.1 Å². The highest BCUT2D eigenvalue weighted by molar-refractivity contribution is 7.09. The van der Waals surface area contributed by atoms with E-state index in [0.717, 1.165) is 17.8 Å². The first-order chi connectivity index (χ1) is 7.00. The van der Waals surface area contributed by atoms with Gasteiger partial charge in [0.25, 0.3) is 0 Å².